The monoisotopic (exact) mass is 379 g/mol. The highest BCUT2D eigenvalue weighted by molar-refractivity contribution is 5.84. The van der Waals surface area contributed by atoms with Crippen molar-refractivity contribution in [2.24, 2.45) is 0 Å². The van der Waals surface area contributed by atoms with Crippen LogP contribution in [0.25, 0.3) is 10.9 Å². The van der Waals surface area contributed by atoms with E-state index in [9.17, 15) is 14.4 Å². The summed E-state index contributed by atoms with van der Waals surface area (Å²) >= 11 is 0. The van der Waals surface area contributed by atoms with E-state index in [4.69, 9.17) is 4.74 Å². The molecule has 0 atom stereocenters. The quantitative estimate of drug-likeness (QED) is 0.611. The molecule has 28 heavy (non-hydrogen) atoms. The average Bonchev–Trinajstić information content (AvgIpc) is 2.71. The highest BCUT2D eigenvalue weighted by Crippen LogP contribution is 2.13. The molecule has 0 spiro atoms. The van der Waals surface area contributed by atoms with E-state index in [1.807, 2.05) is 31.2 Å². The molecule has 0 aliphatic rings. The molecule has 1 amide bonds. The maximum absolute atomic E-state index is 13.0. The summed E-state index contributed by atoms with van der Waals surface area (Å²) in [7, 11) is 1.29. The second kappa shape index (κ2) is 8.47. The summed E-state index contributed by atoms with van der Waals surface area (Å²) in [5, 5.41) is 4.58. The number of fused-ring (bicyclic) bond motifs is 1. The summed E-state index contributed by atoms with van der Waals surface area (Å²) in [4.78, 5) is 38.2. The number of rotatable bonds is 6. The van der Waals surface area contributed by atoms with Gasteiger partial charge in [0.15, 0.2) is 0 Å². The predicted molar refractivity (Wildman–Crippen MR) is 105 cm³/mol. The zero-order valence-electron chi connectivity index (χ0n) is 15.8. The van der Waals surface area contributed by atoms with Gasteiger partial charge in [0.2, 0.25) is 11.3 Å². The van der Waals surface area contributed by atoms with E-state index in [1.54, 1.807) is 24.3 Å². The van der Waals surface area contributed by atoms with Gasteiger partial charge in [-0.1, -0.05) is 36.4 Å². The largest absolute Gasteiger partial charge is 0.468 e. The van der Waals surface area contributed by atoms with E-state index < -0.39 is 5.97 Å². The lowest BCUT2D eigenvalue weighted by Crippen LogP contribution is -2.38. The van der Waals surface area contributed by atoms with Gasteiger partial charge in [-0.2, -0.15) is 5.10 Å². The molecule has 1 heterocycles. The van der Waals surface area contributed by atoms with Crippen LogP contribution in [0.4, 0.5) is 0 Å². The number of amides is 1. The van der Waals surface area contributed by atoms with Crippen LogP contribution in [0.3, 0.4) is 0 Å². The van der Waals surface area contributed by atoms with Gasteiger partial charge >= 0.3 is 5.97 Å². The molecule has 0 N–H and O–H groups in total. The summed E-state index contributed by atoms with van der Waals surface area (Å²) in [5.74, 6) is -0.797. The first-order valence-corrected chi connectivity index (χ1v) is 8.83. The van der Waals surface area contributed by atoms with Crippen LogP contribution in [0, 0.1) is 6.92 Å². The van der Waals surface area contributed by atoms with E-state index in [2.05, 4.69) is 5.10 Å². The molecule has 0 saturated heterocycles. The molecule has 0 radical (unpaired) electrons. The number of methoxy groups -OCH3 is 1. The maximum atomic E-state index is 13.0. The van der Waals surface area contributed by atoms with Crippen LogP contribution < -0.4 is 5.43 Å². The van der Waals surface area contributed by atoms with Gasteiger partial charge in [-0.3, -0.25) is 19.1 Å². The van der Waals surface area contributed by atoms with Crippen molar-refractivity contribution in [3.8, 4) is 0 Å². The van der Waals surface area contributed by atoms with Gasteiger partial charge < -0.3 is 9.64 Å². The second-order valence-corrected chi connectivity index (χ2v) is 6.44. The standard InChI is InChI=1S/C21H21N3O4/c1-15-7-3-4-8-16(15)12-23(14-21(27)28-2)20(26)13-24-18-10-6-5-9-17(18)19(25)11-22-24/h3-11H,12-14H2,1-2H3. The highest BCUT2D eigenvalue weighted by atomic mass is 16.5. The number of esters is 1. The zero-order valence-corrected chi connectivity index (χ0v) is 15.8. The summed E-state index contributed by atoms with van der Waals surface area (Å²) in [6.45, 7) is 1.97. The van der Waals surface area contributed by atoms with Crippen molar-refractivity contribution in [1.82, 2.24) is 14.7 Å². The summed E-state index contributed by atoms with van der Waals surface area (Å²) in [6.07, 6.45) is 1.20. The third-order valence-corrected chi connectivity index (χ3v) is 4.57. The van der Waals surface area contributed by atoms with E-state index in [0.717, 1.165) is 11.1 Å². The molecule has 2 aromatic carbocycles. The van der Waals surface area contributed by atoms with Gasteiger partial charge in [0.1, 0.15) is 13.1 Å². The van der Waals surface area contributed by atoms with Crippen LogP contribution in [0.5, 0.6) is 0 Å². The Bertz CT molecular complexity index is 1070. The number of carbonyl (C=O) groups is 2. The molecule has 0 bridgehead atoms. The fourth-order valence-electron chi connectivity index (χ4n) is 2.96. The van der Waals surface area contributed by atoms with Gasteiger partial charge in [0.25, 0.3) is 0 Å². The Hall–Kier alpha value is -3.48. The fourth-order valence-corrected chi connectivity index (χ4v) is 2.96. The number of benzene rings is 2. The van der Waals surface area contributed by atoms with Crippen molar-refractivity contribution in [1.29, 1.82) is 0 Å². The Morgan fingerprint density at radius 3 is 2.57 bits per heavy atom. The van der Waals surface area contributed by atoms with Crippen molar-refractivity contribution in [3.63, 3.8) is 0 Å². The van der Waals surface area contributed by atoms with E-state index in [1.165, 1.54) is 22.9 Å². The molecule has 3 aromatic rings. The van der Waals surface area contributed by atoms with E-state index in [0.29, 0.717) is 10.9 Å². The topological polar surface area (TPSA) is 81.5 Å². The lowest BCUT2D eigenvalue weighted by molar-refractivity contribution is -0.147. The van der Waals surface area contributed by atoms with Crippen LogP contribution >= 0.6 is 0 Å². The molecule has 7 nitrogen and oxygen atoms in total. The third kappa shape index (κ3) is 4.25. The third-order valence-electron chi connectivity index (χ3n) is 4.57. The number of aryl methyl sites for hydroxylation is 1. The van der Waals surface area contributed by atoms with Gasteiger partial charge in [-0.25, -0.2) is 0 Å². The minimum absolute atomic E-state index is 0.0936. The summed E-state index contributed by atoms with van der Waals surface area (Å²) in [6, 6.07) is 14.7. The van der Waals surface area contributed by atoms with E-state index in [-0.39, 0.29) is 31.0 Å². The number of para-hydroxylation sites is 1. The first kappa shape index (κ1) is 19.3. The smallest absolute Gasteiger partial charge is 0.325 e. The molecule has 0 fully saturated rings. The Morgan fingerprint density at radius 2 is 1.82 bits per heavy atom. The average molecular weight is 379 g/mol. The van der Waals surface area contributed by atoms with Crippen LogP contribution in [-0.2, 0) is 27.4 Å². The number of hydrogen-bond donors (Lipinski definition) is 0. The van der Waals surface area contributed by atoms with Crippen LogP contribution in [0.1, 0.15) is 11.1 Å². The van der Waals surface area contributed by atoms with Gasteiger partial charge in [-0.15, -0.1) is 0 Å². The maximum Gasteiger partial charge on any atom is 0.325 e. The molecule has 3 rings (SSSR count). The molecule has 7 heteroatoms. The number of hydrogen-bond acceptors (Lipinski definition) is 5. The predicted octanol–water partition coefficient (Wildman–Crippen LogP) is 1.91. The Labute approximate surface area is 162 Å². The lowest BCUT2D eigenvalue weighted by atomic mass is 10.1. The summed E-state index contributed by atoms with van der Waals surface area (Å²) in [5.41, 5.74) is 2.33. The van der Waals surface area contributed by atoms with Gasteiger partial charge in [-0.05, 0) is 30.2 Å². The van der Waals surface area contributed by atoms with Crippen LogP contribution in [0.2, 0.25) is 0 Å². The molecule has 1 aromatic heterocycles. The normalized spacial score (nSPS) is 10.6. The molecule has 0 saturated carbocycles. The number of ether oxygens (including phenoxy) is 1. The Kier molecular flexibility index (Phi) is 5.84. The minimum Gasteiger partial charge on any atom is -0.468 e. The van der Waals surface area contributed by atoms with Crippen molar-refractivity contribution in [3.05, 3.63) is 76.1 Å². The lowest BCUT2D eigenvalue weighted by Gasteiger charge is -2.23. The van der Waals surface area contributed by atoms with Crippen LogP contribution in [0.15, 0.2) is 59.5 Å². The van der Waals surface area contributed by atoms with Crippen molar-refractivity contribution in [2.75, 3.05) is 13.7 Å². The number of carbonyl (C=O) groups excluding carboxylic acids is 2. The number of nitrogens with zero attached hydrogens (tertiary/aromatic N) is 3. The fraction of sp³-hybridized carbons (Fsp3) is 0.238. The molecule has 0 aliphatic carbocycles. The highest BCUT2D eigenvalue weighted by Gasteiger charge is 2.20. The van der Waals surface area contributed by atoms with Crippen LogP contribution in [-0.4, -0.2) is 40.2 Å². The first-order chi connectivity index (χ1) is 13.5. The SMILES string of the molecule is COC(=O)CN(Cc1ccccc1C)C(=O)Cn1ncc(=O)c2ccccc21. The van der Waals surface area contributed by atoms with E-state index >= 15 is 0 Å². The molecular weight excluding hydrogens is 358 g/mol. The number of aromatic nitrogens is 2. The Balaban J connectivity index is 1.89. The van der Waals surface area contributed by atoms with Gasteiger partial charge in [0, 0.05) is 11.9 Å². The Morgan fingerprint density at radius 1 is 1.11 bits per heavy atom. The minimum atomic E-state index is -0.500. The molecule has 144 valence electrons. The first-order valence-electron chi connectivity index (χ1n) is 8.83. The molecular formula is C21H21N3O4. The summed E-state index contributed by atoms with van der Waals surface area (Å²) < 4.78 is 6.21. The van der Waals surface area contributed by atoms with Crippen molar-refractivity contribution >= 4 is 22.8 Å². The molecule has 0 unspecified atom stereocenters. The van der Waals surface area contributed by atoms with Crippen molar-refractivity contribution < 1.29 is 14.3 Å². The van der Waals surface area contributed by atoms with Gasteiger partial charge in [0.05, 0.1) is 18.8 Å². The zero-order chi connectivity index (χ0) is 20.1. The molecule has 0 aliphatic heterocycles. The second-order valence-electron chi connectivity index (χ2n) is 6.44. The van der Waals surface area contributed by atoms with Crippen molar-refractivity contribution in [2.45, 2.75) is 20.0 Å².